The van der Waals surface area contributed by atoms with Gasteiger partial charge in [-0.15, -0.1) is 0 Å². The summed E-state index contributed by atoms with van der Waals surface area (Å²) in [6, 6.07) is 30.9. The van der Waals surface area contributed by atoms with Crippen LogP contribution >= 0.6 is 0 Å². The fourth-order valence-electron chi connectivity index (χ4n) is 4.52. The molecule has 0 heteroatoms. The zero-order valence-electron chi connectivity index (χ0n) is 15.4. The lowest BCUT2D eigenvalue weighted by Gasteiger charge is -2.36. The highest BCUT2D eigenvalue weighted by atomic mass is 14.4. The average Bonchev–Trinajstić information content (AvgIpc) is 2.71. The summed E-state index contributed by atoms with van der Waals surface area (Å²) in [5.41, 5.74) is 2.74. The molecule has 4 aromatic rings. The van der Waals surface area contributed by atoms with E-state index in [1.807, 2.05) is 0 Å². The standard InChI is InChI=1S/C26H25/c1-3-19-26(4-2,24-17-9-13-20-11-5-7-15-22(20)24)25-18-10-14-21-12-6-8-16-23(21)25/h5-18H,2-4,19H2,1H3. The third kappa shape index (κ3) is 2.61. The Hall–Kier alpha value is -2.60. The molecule has 0 spiro atoms. The van der Waals surface area contributed by atoms with Crippen molar-refractivity contribution in [3.05, 3.63) is 103 Å². The van der Waals surface area contributed by atoms with Crippen LogP contribution in [0.15, 0.2) is 84.9 Å². The summed E-state index contributed by atoms with van der Waals surface area (Å²) in [7, 11) is 0. The third-order valence-electron chi connectivity index (χ3n) is 5.71. The van der Waals surface area contributed by atoms with Crippen molar-refractivity contribution in [1.29, 1.82) is 0 Å². The molecule has 0 saturated heterocycles. The van der Waals surface area contributed by atoms with Gasteiger partial charge in [-0.25, -0.2) is 0 Å². The molecule has 0 fully saturated rings. The van der Waals surface area contributed by atoms with Gasteiger partial charge in [-0.2, -0.15) is 0 Å². The molecule has 1 radical (unpaired) electrons. The van der Waals surface area contributed by atoms with E-state index < -0.39 is 0 Å². The Labute approximate surface area is 156 Å². The minimum absolute atomic E-state index is 0.0729. The van der Waals surface area contributed by atoms with Gasteiger partial charge in [0.15, 0.2) is 0 Å². The lowest BCUT2D eigenvalue weighted by molar-refractivity contribution is 0.476. The van der Waals surface area contributed by atoms with E-state index in [9.17, 15) is 0 Å². The summed E-state index contributed by atoms with van der Waals surface area (Å²) < 4.78 is 0. The maximum Gasteiger partial charge on any atom is 0.0215 e. The van der Waals surface area contributed by atoms with Crippen LogP contribution in [0, 0.1) is 6.92 Å². The van der Waals surface area contributed by atoms with Crippen molar-refractivity contribution >= 4 is 21.5 Å². The summed E-state index contributed by atoms with van der Waals surface area (Å²) >= 11 is 0. The predicted molar refractivity (Wildman–Crippen MR) is 114 cm³/mol. The molecular weight excluding hydrogens is 312 g/mol. The van der Waals surface area contributed by atoms with Crippen molar-refractivity contribution in [3.8, 4) is 0 Å². The van der Waals surface area contributed by atoms with Crippen LogP contribution < -0.4 is 0 Å². The minimum atomic E-state index is -0.0729. The molecule has 0 saturated carbocycles. The Morgan fingerprint density at radius 3 is 1.58 bits per heavy atom. The highest BCUT2D eigenvalue weighted by Crippen LogP contribution is 2.45. The van der Waals surface area contributed by atoms with Crippen LogP contribution in [0.4, 0.5) is 0 Å². The normalized spacial score (nSPS) is 11.9. The molecular formula is C26H25. The molecule has 0 bridgehead atoms. The molecule has 0 aliphatic heterocycles. The number of fused-ring (bicyclic) bond motifs is 2. The first kappa shape index (κ1) is 16.8. The summed E-state index contributed by atoms with van der Waals surface area (Å²) in [4.78, 5) is 0. The summed E-state index contributed by atoms with van der Waals surface area (Å²) in [6.45, 7) is 6.72. The Bertz CT molecular complexity index is 952. The summed E-state index contributed by atoms with van der Waals surface area (Å²) in [6.07, 6.45) is 3.07. The van der Waals surface area contributed by atoms with Crippen molar-refractivity contribution in [3.63, 3.8) is 0 Å². The van der Waals surface area contributed by atoms with E-state index in [0.29, 0.717) is 0 Å². The van der Waals surface area contributed by atoms with Gasteiger partial charge in [-0.3, -0.25) is 0 Å². The van der Waals surface area contributed by atoms with Gasteiger partial charge in [0, 0.05) is 5.41 Å². The second kappa shape index (κ2) is 6.96. The van der Waals surface area contributed by atoms with Crippen molar-refractivity contribution in [2.75, 3.05) is 0 Å². The molecule has 129 valence electrons. The fraction of sp³-hybridized carbons (Fsp3) is 0.192. The first-order valence-corrected chi connectivity index (χ1v) is 9.56. The van der Waals surface area contributed by atoms with Crippen LogP contribution in [-0.4, -0.2) is 0 Å². The molecule has 0 aliphatic rings. The van der Waals surface area contributed by atoms with E-state index in [-0.39, 0.29) is 5.41 Å². The molecule has 0 unspecified atom stereocenters. The summed E-state index contributed by atoms with van der Waals surface area (Å²) in [5.74, 6) is 0. The third-order valence-corrected chi connectivity index (χ3v) is 5.71. The highest BCUT2D eigenvalue weighted by Gasteiger charge is 2.34. The molecule has 26 heavy (non-hydrogen) atoms. The van der Waals surface area contributed by atoms with E-state index in [1.165, 1.54) is 32.7 Å². The Morgan fingerprint density at radius 2 is 1.12 bits per heavy atom. The zero-order valence-corrected chi connectivity index (χ0v) is 15.4. The highest BCUT2D eigenvalue weighted by molar-refractivity contribution is 5.91. The predicted octanol–water partition coefficient (Wildman–Crippen LogP) is 7.30. The second-order valence-electron chi connectivity index (χ2n) is 7.14. The molecule has 0 heterocycles. The second-order valence-corrected chi connectivity index (χ2v) is 7.14. The lowest BCUT2D eigenvalue weighted by atomic mass is 9.67. The average molecular weight is 337 g/mol. The van der Waals surface area contributed by atoms with Crippen LogP contribution in [-0.2, 0) is 5.41 Å². The monoisotopic (exact) mass is 337 g/mol. The van der Waals surface area contributed by atoms with Crippen LogP contribution in [0.3, 0.4) is 0 Å². The van der Waals surface area contributed by atoms with Gasteiger partial charge in [-0.05, 0) is 45.5 Å². The molecule has 0 aromatic heterocycles. The van der Waals surface area contributed by atoms with E-state index in [0.717, 1.165) is 19.3 Å². The SMILES string of the molecule is [CH2]CC(CCC)(c1cccc2ccccc12)c1cccc2ccccc12. The van der Waals surface area contributed by atoms with E-state index >= 15 is 0 Å². The number of hydrogen-bond acceptors (Lipinski definition) is 0. The van der Waals surface area contributed by atoms with Crippen molar-refractivity contribution in [2.24, 2.45) is 0 Å². The molecule has 0 N–H and O–H groups in total. The first-order chi connectivity index (χ1) is 12.8. The van der Waals surface area contributed by atoms with Gasteiger partial charge in [0.1, 0.15) is 0 Å². The van der Waals surface area contributed by atoms with Crippen LogP contribution in [0.5, 0.6) is 0 Å². The fourth-order valence-corrected chi connectivity index (χ4v) is 4.52. The largest absolute Gasteiger partial charge is 0.0653 e. The van der Waals surface area contributed by atoms with Gasteiger partial charge in [-0.1, -0.05) is 105 Å². The molecule has 4 aromatic carbocycles. The molecule has 0 amide bonds. The van der Waals surface area contributed by atoms with Crippen LogP contribution in [0.2, 0.25) is 0 Å². The Balaban J connectivity index is 2.08. The number of hydrogen-bond donors (Lipinski definition) is 0. The smallest absolute Gasteiger partial charge is 0.0215 e. The van der Waals surface area contributed by atoms with Crippen LogP contribution in [0.1, 0.15) is 37.3 Å². The molecule has 0 nitrogen and oxygen atoms in total. The number of rotatable bonds is 5. The maximum absolute atomic E-state index is 4.44. The van der Waals surface area contributed by atoms with Gasteiger partial charge in [0.25, 0.3) is 0 Å². The van der Waals surface area contributed by atoms with Gasteiger partial charge < -0.3 is 0 Å². The Morgan fingerprint density at radius 1 is 0.654 bits per heavy atom. The molecule has 4 rings (SSSR count). The zero-order chi connectivity index (χ0) is 18.0. The Kier molecular flexibility index (Phi) is 4.51. The van der Waals surface area contributed by atoms with Crippen molar-refractivity contribution < 1.29 is 0 Å². The first-order valence-electron chi connectivity index (χ1n) is 9.56. The van der Waals surface area contributed by atoms with Crippen molar-refractivity contribution in [1.82, 2.24) is 0 Å². The van der Waals surface area contributed by atoms with Crippen molar-refractivity contribution in [2.45, 2.75) is 31.6 Å². The van der Waals surface area contributed by atoms with Crippen LogP contribution in [0.25, 0.3) is 21.5 Å². The maximum atomic E-state index is 4.44. The quantitative estimate of drug-likeness (QED) is 0.358. The topological polar surface area (TPSA) is 0 Å². The van der Waals surface area contributed by atoms with Gasteiger partial charge in [0.05, 0.1) is 0 Å². The van der Waals surface area contributed by atoms with E-state index in [4.69, 9.17) is 0 Å². The molecule has 0 atom stereocenters. The van der Waals surface area contributed by atoms with E-state index in [2.05, 4.69) is 98.8 Å². The van der Waals surface area contributed by atoms with E-state index in [1.54, 1.807) is 0 Å². The number of benzene rings is 4. The lowest BCUT2D eigenvalue weighted by Crippen LogP contribution is -2.27. The summed E-state index contributed by atoms with van der Waals surface area (Å²) in [5, 5.41) is 5.30. The van der Waals surface area contributed by atoms with Gasteiger partial charge >= 0.3 is 0 Å². The molecule has 0 aliphatic carbocycles. The van der Waals surface area contributed by atoms with Gasteiger partial charge in [0.2, 0.25) is 0 Å². The minimum Gasteiger partial charge on any atom is -0.0653 e.